The minimum Gasteiger partial charge on any atom is -0.248 e. The van der Waals surface area contributed by atoms with E-state index < -0.39 is 0 Å². The molecule has 0 unspecified atom stereocenters. The van der Waals surface area contributed by atoms with Crippen molar-refractivity contribution in [2.75, 3.05) is 0 Å². The Morgan fingerprint density at radius 1 is 0.468 bits per heavy atom. The van der Waals surface area contributed by atoms with E-state index in [0.717, 1.165) is 29.8 Å². The van der Waals surface area contributed by atoms with Gasteiger partial charge >= 0.3 is 0 Å². The lowest BCUT2D eigenvalue weighted by Gasteiger charge is -2.20. The molecule has 0 saturated heterocycles. The lowest BCUT2D eigenvalue weighted by atomic mass is 9.86. The minimum absolute atomic E-state index is 0.979. The van der Waals surface area contributed by atoms with E-state index in [2.05, 4.69) is 165 Å². The monoisotopic (exact) mass is 599 g/mol. The summed E-state index contributed by atoms with van der Waals surface area (Å²) in [6.45, 7) is 2.17. The molecule has 0 bridgehead atoms. The highest BCUT2D eigenvalue weighted by Gasteiger charge is 2.19. The zero-order valence-electron chi connectivity index (χ0n) is 26.4. The number of nitrogens with zero attached hydrogens (tertiary/aromatic N) is 1. The van der Waals surface area contributed by atoms with Crippen LogP contribution in [0.1, 0.15) is 23.1 Å². The van der Waals surface area contributed by atoms with E-state index in [1.807, 2.05) is 0 Å². The summed E-state index contributed by atoms with van der Waals surface area (Å²) in [6, 6.07) is 53.1. The fourth-order valence-corrected chi connectivity index (χ4v) is 7.52. The van der Waals surface area contributed by atoms with Crippen LogP contribution in [0, 0.1) is 6.92 Å². The van der Waals surface area contributed by atoms with Gasteiger partial charge in [-0.05, 0) is 115 Å². The quantitative estimate of drug-likeness (QED) is 0.183. The number of hydrogen-bond donors (Lipinski definition) is 0. The zero-order valence-corrected chi connectivity index (χ0v) is 26.4. The molecular weight excluding hydrogens is 567 g/mol. The highest BCUT2D eigenvalue weighted by molar-refractivity contribution is 6.14. The molecule has 1 aliphatic rings. The number of fused-ring (bicyclic) bond motifs is 6. The number of rotatable bonds is 4. The van der Waals surface area contributed by atoms with Gasteiger partial charge < -0.3 is 0 Å². The van der Waals surface area contributed by atoms with Gasteiger partial charge in [-0.3, -0.25) is 0 Å². The molecule has 7 aromatic carbocycles. The predicted molar refractivity (Wildman–Crippen MR) is 201 cm³/mol. The van der Waals surface area contributed by atoms with Crippen LogP contribution in [-0.2, 0) is 6.42 Å². The summed E-state index contributed by atoms with van der Waals surface area (Å²) in [5, 5.41) is 7.67. The normalized spacial score (nSPS) is 12.5. The highest BCUT2D eigenvalue weighted by atomic mass is 14.7. The van der Waals surface area contributed by atoms with Crippen LogP contribution in [0.2, 0.25) is 0 Å². The summed E-state index contributed by atoms with van der Waals surface area (Å²) in [7, 11) is 0. The van der Waals surface area contributed by atoms with E-state index in [-0.39, 0.29) is 0 Å². The molecule has 47 heavy (non-hydrogen) atoms. The van der Waals surface area contributed by atoms with Crippen LogP contribution in [0.4, 0.5) is 0 Å². The number of hydrogen-bond acceptors (Lipinski definition) is 1. The molecule has 9 rings (SSSR count). The second kappa shape index (κ2) is 11.2. The molecule has 0 saturated carbocycles. The maximum absolute atomic E-state index is 5.44. The second-order valence-electron chi connectivity index (χ2n) is 12.7. The fraction of sp³-hybridized carbons (Fsp3) is 0.0652. The average Bonchev–Trinajstić information content (AvgIpc) is 3.14. The Morgan fingerprint density at radius 3 is 1.89 bits per heavy atom. The molecule has 0 atom stereocenters. The van der Waals surface area contributed by atoms with E-state index >= 15 is 0 Å². The Hall–Kier alpha value is -5.79. The number of aromatic nitrogens is 1. The molecular formula is C46H33N. The van der Waals surface area contributed by atoms with Crippen molar-refractivity contribution in [1.82, 2.24) is 4.98 Å². The van der Waals surface area contributed by atoms with Crippen molar-refractivity contribution < 1.29 is 0 Å². The maximum Gasteiger partial charge on any atom is 0.0722 e. The second-order valence-corrected chi connectivity index (χ2v) is 12.7. The van der Waals surface area contributed by atoms with Crippen LogP contribution in [0.5, 0.6) is 0 Å². The van der Waals surface area contributed by atoms with Crippen molar-refractivity contribution >= 4 is 38.4 Å². The Bertz CT molecular complexity index is 2520. The summed E-state index contributed by atoms with van der Waals surface area (Å²) < 4.78 is 0. The molecule has 0 fully saturated rings. The van der Waals surface area contributed by atoms with Gasteiger partial charge in [-0.25, -0.2) is 4.98 Å². The van der Waals surface area contributed by atoms with Gasteiger partial charge in [0, 0.05) is 11.1 Å². The van der Waals surface area contributed by atoms with Gasteiger partial charge in [0.05, 0.1) is 11.4 Å². The molecule has 0 spiro atoms. The topological polar surface area (TPSA) is 12.9 Å². The van der Waals surface area contributed by atoms with Gasteiger partial charge in [-0.15, -0.1) is 0 Å². The molecule has 0 N–H and O–H groups in total. The molecule has 0 radical (unpaired) electrons. The lowest BCUT2D eigenvalue weighted by Crippen LogP contribution is -2.00. The number of benzene rings is 7. The largest absolute Gasteiger partial charge is 0.248 e. The zero-order chi connectivity index (χ0) is 31.3. The third kappa shape index (κ3) is 4.75. The van der Waals surface area contributed by atoms with Crippen LogP contribution in [0.15, 0.2) is 152 Å². The number of pyridine rings is 1. The number of allylic oxidation sites excluding steroid dienone is 1. The first-order valence-corrected chi connectivity index (χ1v) is 16.5. The van der Waals surface area contributed by atoms with E-state index in [1.165, 1.54) is 76.8 Å². The fourth-order valence-electron chi connectivity index (χ4n) is 7.52. The van der Waals surface area contributed by atoms with Gasteiger partial charge in [-0.2, -0.15) is 0 Å². The van der Waals surface area contributed by atoms with E-state index in [0.29, 0.717) is 0 Å². The molecule has 0 aliphatic heterocycles. The molecule has 0 amide bonds. The minimum atomic E-state index is 0.979. The summed E-state index contributed by atoms with van der Waals surface area (Å²) in [6.07, 6.45) is 6.74. The van der Waals surface area contributed by atoms with Gasteiger partial charge in [0.25, 0.3) is 0 Å². The molecule has 1 heteroatoms. The van der Waals surface area contributed by atoms with Crippen molar-refractivity contribution in [3.05, 3.63) is 168 Å². The Balaban J connectivity index is 1.30. The van der Waals surface area contributed by atoms with Crippen molar-refractivity contribution in [3.63, 3.8) is 0 Å². The van der Waals surface area contributed by atoms with Crippen LogP contribution in [0.3, 0.4) is 0 Å². The maximum atomic E-state index is 5.44. The predicted octanol–water partition coefficient (Wildman–Crippen LogP) is 12.5. The molecule has 8 aromatic rings. The van der Waals surface area contributed by atoms with E-state index in [4.69, 9.17) is 4.98 Å². The van der Waals surface area contributed by atoms with E-state index in [9.17, 15) is 0 Å². The third-order valence-electron chi connectivity index (χ3n) is 9.86. The van der Waals surface area contributed by atoms with Crippen LogP contribution >= 0.6 is 0 Å². The Labute approximate surface area is 275 Å². The van der Waals surface area contributed by atoms with Crippen molar-refractivity contribution in [2.24, 2.45) is 0 Å². The van der Waals surface area contributed by atoms with Crippen molar-refractivity contribution in [1.29, 1.82) is 0 Å². The summed E-state index contributed by atoms with van der Waals surface area (Å²) in [5.41, 5.74) is 13.2. The Kier molecular flexibility index (Phi) is 6.57. The van der Waals surface area contributed by atoms with Crippen molar-refractivity contribution in [3.8, 4) is 44.8 Å². The van der Waals surface area contributed by atoms with Gasteiger partial charge in [-0.1, -0.05) is 133 Å². The van der Waals surface area contributed by atoms with Gasteiger partial charge in [0.15, 0.2) is 0 Å². The van der Waals surface area contributed by atoms with Gasteiger partial charge in [0.1, 0.15) is 0 Å². The van der Waals surface area contributed by atoms with Crippen LogP contribution in [0.25, 0.3) is 83.2 Å². The van der Waals surface area contributed by atoms with E-state index in [1.54, 1.807) is 0 Å². The molecule has 222 valence electrons. The van der Waals surface area contributed by atoms with Crippen molar-refractivity contribution in [2.45, 2.75) is 19.8 Å². The third-order valence-corrected chi connectivity index (χ3v) is 9.86. The molecule has 1 aromatic heterocycles. The summed E-state index contributed by atoms with van der Waals surface area (Å²) in [4.78, 5) is 5.44. The molecule has 1 nitrogen and oxygen atoms in total. The average molecular weight is 600 g/mol. The van der Waals surface area contributed by atoms with Gasteiger partial charge in [0.2, 0.25) is 0 Å². The first-order chi connectivity index (χ1) is 23.2. The summed E-state index contributed by atoms with van der Waals surface area (Å²) >= 11 is 0. The Morgan fingerprint density at radius 2 is 1.09 bits per heavy atom. The first kappa shape index (κ1) is 27.5. The van der Waals surface area contributed by atoms with Crippen LogP contribution in [-0.4, -0.2) is 4.98 Å². The summed E-state index contributed by atoms with van der Waals surface area (Å²) in [5.74, 6) is 0. The SMILES string of the molecule is Cc1ccccc1-c1ccc(-c2cc(-c3cc4ccccc4c4ccccc34)cc(-c3cc4ccccc4c4c3C=CCC4)n2)cc1. The smallest absolute Gasteiger partial charge is 0.0722 e. The highest BCUT2D eigenvalue weighted by Crippen LogP contribution is 2.41. The standard InChI is InChI=1S/C46H33N/c1-30-12-2-5-15-36(30)31-22-24-32(25-23-31)45-28-35(43-26-33-13-3-6-16-37(33)39-18-8-10-20-41(39)43)29-46(47-45)44-27-34-14-4-7-17-38(34)40-19-9-11-21-42(40)44/h2-8,10-18,20-29H,9,19H2,1H3. The van der Waals surface area contributed by atoms with Crippen LogP contribution < -0.4 is 0 Å². The number of aryl methyl sites for hydroxylation is 2. The lowest BCUT2D eigenvalue weighted by molar-refractivity contribution is 0.997. The molecule has 1 heterocycles. The first-order valence-electron chi connectivity index (χ1n) is 16.5. The molecule has 1 aliphatic carbocycles.